The van der Waals surface area contributed by atoms with Gasteiger partial charge in [-0.25, -0.2) is 13.4 Å². The normalized spacial score (nSPS) is 19.3. The highest BCUT2D eigenvalue weighted by atomic mass is 127. The Morgan fingerprint density at radius 2 is 2.07 bits per heavy atom. The van der Waals surface area contributed by atoms with Crippen LogP contribution in [0.3, 0.4) is 0 Å². The molecule has 1 fully saturated rings. The minimum atomic E-state index is -2.90. The summed E-state index contributed by atoms with van der Waals surface area (Å²) in [4.78, 5) is 4.49. The molecule has 0 aromatic heterocycles. The molecule has 1 aromatic carbocycles. The number of hydrogen-bond donors (Lipinski definition) is 2. The van der Waals surface area contributed by atoms with Gasteiger partial charge in [-0.1, -0.05) is 32.9 Å². The fourth-order valence-corrected chi connectivity index (χ4v) is 4.47. The zero-order valence-electron chi connectivity index (χ0n) is 16.6. The van der Waals surface area contributed by atoms with E-state index in [1.807, 2.05) is 19.1 Å². The maximum atomic E-state index is 11.6. The molecule has 0 saturated carbocycles. The first kappa shape index (κ1) is 24.0. The number of sulfone groups is 1. The van der Waals surface area contributed by atoms with E-state index < -0.39 is 9.84 Å². The summed E-state index contributed by atoms with van der Waals surface area (Å²) in [6.45, 7) is 10.2. The van der Waals surface area contributed by atoms with E-state index in [9.17, 15) is 8.42 Å². The van der Waals surface area contributed by atoms with Gasteiger partial charge in [0, 0.05) is 12.6 Å². The number of nitrogens with one attached hydrogen (secondary N) is 2. The average Bonchev–Trinajstić information content (AvgIpc) is 2.90. The predicted octanol–water partition coefficient (Wildman–Crippen LogP) is 2.72. The summed E-state index contributed by atoms with van der Waals surface area (Å²) in [7, 11) is -2.90. The number of aliphatic imine (C=N–C) groups is 1. The Bertz CT molecular complexity index is 730. The van der Waals surface area contributed by atoms with Crippen molar-refractivity contribution in [1.29, 1.82) is 0 Å². The molecule has 1 aliphatic heterocycles. The Labute approximate surface area is 180 Å². The summed E-state index contributed by atoms with van der Waals surface area (Å²) in [6.07, 6.45) is 0.628. The van der Waals surface area contributed by atoms with Crippen molar-refractivity contribution in [2.24, 2.45) is 4.99 Å². The van der Waals surface area contributed by atoms with Crippen molar-refractivity contribution >= 4 is 39.8 Å². The van der Waals surface area contributed by atoms with Gasteiger partial charge in [0.2, 0.25) is 0 Å². The Morgan fingerprint density at radius 1 is 1.33 bits per heavy atom. The molecule has 27 heavy (non-hydrogen) atoms. The number of nitrogens with zero attached hydrogens (tertiary/aromatic N) is 1. The molecule has 0 spiro atoms. The van der Waals surface area contributed by atoms with Crippen molar-refractivity contribution in [3.8, 4) is 5.75 Å². The largest absolute Gasteiger partial charge is 0.492 e. The van der Waals surface area contributed by atoms with Crippen LogP contribution in [0, 0.1) is 0 Å². The van der Waals surface area contributed by atoms with E-state index in [4.69, 9.17) is 4.74 Å². The maximum absolute atomic E-state index is 11.6. The molecule has 2 rings (SSSR count). The summed E-state index contributed by atoms with van der Waals surface area (Å²) in [5.41, 5.74) is 1.32. The quantitative estimate of drug-likeness (QED) is 0.267. The van der Waals surface area contributed by atoms with E-state index in [0.717, 1.165) is 12.3 Å². The molecular weight excluding hydrogens is 477 g/mol. The first-order valence-electron chi connectivity index (χ1n) is 9.18. The third-order valence-electron chi connectivity index (χ3n) is 4.25. The van der Waals surface area contributed by atoms with Crippen molar-refractivity contribution < 1.29 is 13.2 Å². The van der Waals surface area contributed by atoms with Gasteiger partial charge in [0.25, 0.3) is 0 Å². The molecule has 6 nitrogen and oxygen atoms in total. The van der Waals surface area contributed by atoms with Crippen molar-refractivity contribution in [2.45, 2.75) is 45.6 Å². The van der Waals surface area contributed by atoms with E-state index in [1.165, 1.54) is 5.56 Å². The van der Waals surface area contributed by atoms with Gasteiger partial charge in [-0.15, -0.1) is 24.0 Å². The fourth-order valence-electron chi connectivity index (χ4n) is 2.80. The Balaban J connectivity index is 0.00000364. The highest BCUT2D eigenvalue weighted by Gasteiger charge is 2.28. The summed E-state index contributed by atoms with van der Waals surface area (Å²) < 4.78 is 29.0. The van der Waals surface area contributed by atoms with Crippen LogP contribution in [0.5, 0.6) is 5.75 Å². The summed E-state index contributed by atoms with van der Waals surface area (Å²) >= 11 is 0. The van der Waals surface area contributed by atoms with Crippen molar-refractivity contribution in [3.05, 3.63) is 29.8 Å². The zero-order valence-corrected chi connectivity index (χ0v) is 19.8. The van der Waals surface area contributed by atoms with Crippen molar-refractivity contribution in [1.82, 2.24) is 10.6 Å². The Kier molecular flexibility index (Phi) is 9.33. The number of guanidine groups is 1. The molecule has 8 heteroatoms. The molecule has 0 bridgehead atoms. The third-order valence-corrected chi connectivity index (χ3v) is 6.02. The van der Waals surface area contributed by atoms with E-state index in [-0.39, 0.29) is 46.9 Å². The standard InChI is InChI=1S/C19H31N3O3S.HI/c1-5-20-18(22-16-9-12-26(23,24)14-16)21-10-11-25-17-8-6-7-15(13-17)19(2,3)4;/h6-8,13,16H,5,9-12,14H2,1-4H3,(H2,20,21,22);1H. The molecule has 0 aliphatic carbocycles. The first-order valence-corrected chi connectivity index (χ1v) is 11.0. The molecule has 1 saturated heterocycles. The summed E-state index contributed by atoms with van der Waals surface area (Å²) in [5.74, 6) is 1.90. The fraction of sp³-hybridized carbons (Fsp3) is 0.632. The second-order valence-electron chi connectivity index (χ2n) is 7.63. The molecular formula is C19H32IN3O3S. The van der Waals surface area contributed by atoms with Crippen LogP contribution in [-0.4, -0.2) is 51.6 Å². The van der Waals surface area contributed by atoms with Crippen LogP contribution >= 0.6 is 24.0 Å². The number of rotatable bonds is 6. The predicted molar refractivity (Wildman–Crippen MR) is 122 cm³/mol. The van der Waals surface area contributed by atoms with E-state index in [0.29, 0.717) is 25.5 Å². The number of hydrogen-bond acceptors (Lipinski definition) is 4. The summed E-state index contributed by atoms with van der Waals surface area (Å²) in [5, 5.41) is 6.36. The molecule has 0 amide bonds. The van der Waals surface area contributed by atoms with Crippen LogP contribution in [0.1, 0.15) is 39.7 Å². The van der Waals surface area contributed by atoms with Crippen LogP contribution in [0.4, 0.5) is 0 Å². The molecule has 1 aliphatic rings. The molecule has 2 N–H and O–H groups in total. The monoisotopic (exact) mass is 509 g/mol. The smallest absolute Gasteiger partial charge is 0.191 e. The van der Waals surface area contributed by atoms with E-state index in [2.05, 4.69) is 48.5 Å². The Morgan fingerprint density at radius 3 is 2.67 bits per heavy atom. The maximum Gasteiger partial charge on any atom is 0.191 e. The Hall–Kier alpha value is -1.03. The molecule has 1 unspecified atom stereocenters. The number of benzene rings is 1. The minimum Gasteiger partial charge on any atom is -0.492 e. The molecule has 0 radical (unpaired) electrons. The van der Waals surface area contributed by atoms with E-state index >= 15 is 0 Å². The van der Waals surface area contributed by atoms with Gasteiger partial charge in [-0.3, -0.25) is 0 Å². The lowest BCUT2D eigenvalue weighted by atomic mass is 9.87. The lowest BCUT2D eigenvalue weighted by molar-refractivity contribution is 0.327. The second-order valence-corrected chi connectivity index (χ2v) is 9.86. The van der Waals surface area contributed by atoms with Gasteiger partial charge >= 0.3 is 0 Å². The summed E-state index contributed by atoms with van der Waals surface area (Å²) in [6, 6.07) is 8.06. The molecule has 1 heterocycles. The van der Waals surface area contributed by atoms with Crippen LogP contribution < -0.4 is 15.4 Å². The topological polar surface area (TPSA) is 79.8 Å². The lowest BCUT2D eigenvalue weighted by Gasteiger charge is -2.19. The van der Waals surface area contributed by atoms with Crippen LogP contribution in [0.2, 0.25) is 0 Å². The van der Waals surface area contributed by atoms with Crippen molar-refractivity contribution in [3.63, 3.8) is 0 Å². The van der Waals surface area contributed by atoms with Gasteiger partial charge < -0.3 is 15.4 Å². The highest BCUT2D eigenvalue weighted by Crippen LogP contribution is 2.25. The third kappa shape index (κ3) is 8.25. The molecule has 154 valence electrons. The van der Waals surface area contributed by atoms with Crippen molar-refractivity contribution in [2.75, 3.05) is 31.2 Å². The van der Waals surface area contributed by atoms with Crippen LogP contribution in [0.25, 0.3) is 0 Å². The SMILES string of the molecule is CCNC(=NCCOc1cccc(C(C)(C)C)c1)NC1CCS(=O)(=O)C1.I. The van der Waals surface area contributed by atoms with Gasteiger partial charge in [-0.2, -0.15) is 0 Å². The zero-order chi connectivity index (χ0) is 19.2. The lowest BCUT2D eigenvalue weighted by Crippen LogP contribution is -2.44. The van der Waals surface area contributed by atoms with Gasteiger partial charge in [0.1, 0.15) is 12.4 Å². The van der Waals surface area contributed by atoms with Gasteiger partial charge in [-0.05, 0) is 36.5 Å². The second kappa shape index (κ2) is 10.5. The molecule has 1 aromatic rings. The van der Waals surface area contributed by atoms with Crippen LogP contribution in [-0.2, 0) is 15.3 Å². The highest BCUT2D eigenvalue weighted by molar-refractivity contribution is 14.0. The average molecular weight is 509 g/mol. The van der Waals surface area contributed by atoms with Gasteiger partial charge in [0.15, 0.2) is 15.8 Å². The molecule has 1 atom stereocenters. The minimum absolute atomic E-state index is 0. The van der Waals surface area contributed by atoms with Gasteiger partial charge in [0.05, 0.1) is 18.1 Å². The van der Waals surface area contributed by atoms with E-state index in [1.54, 1.807) is 0 Å². The number of ether oxygens (including phenoxy) is 1. The number of halogens is 1. The van der Waals surface area contributed by atoms with Crippen LogP contribution in [0.15, 0.2) is 29.3 Å². The first-order chi connectivity index (χ1) is 12.2.